The Morgan fingerprint density at radius 1 is 1.15 bits per heavy atom. The molecule has 3 nitrogen and oxygen atoms in total. The minimum absolute atomic E-state index is 1.01. The number of fused-ring (bicyclic) bond motifs is 1. The Hall–Kier alpha value is -0.670. The molecule has 2 rings (SSSR count). The Bertz CT molecular complexity index is 485. The number of aromatic nitrogens is 1. The van der Waals surface area contributed by atoms with Crippen molar-refractivity contribution >= 4 is 29.2 Å². The van der Waals surface area contributed by atoms with Gasteiger partial charge in [-0.25, -0.2) is 0 Å². The third kappa shape index (κ3) is 1.54. The molecule has 0 aliphatic rings. The van der Waals surface area contributed by atoms with E-state index in [0.717, 1.165) is 10.9 Å². The first-order valence-electron chi connectivity index (χ1n) is 3.83. The standard InChI is InChI=1S/C8H10N3PS/c9-12(10,13)11-6-5-7-3-1-2-4-8(7)11/h1-6H,(H4,9,10,13). The summed E-state index contributed by atoms with van der Waals surface area (Å²) in [5.74, 6) is 0. The van der Waals surface area contributed by atoms with Gasteiger partial charge in [0.15, 0.2) is 6.49 Å². The monoisotopic (exact) mass is 211 g/mol. The second-order valence-electron chi connectivity index (χ2n) is 2.89. The highest BCUT2D eigenvalue weighted by molar-refractivity contribution is 8.11. The minimum Gasteiger partial charge on any atom is -0.296 e. The molecule has 1 heterocycles. The molecule has 0 unspecified atom stereocenters. The van der Waals surface area contributed by atoms with Gasteiger partial charge in [0.2, 0.25) is 0 Å². The minimum atomic E-state index is -2.37. The molecule has 0 amide bonds. The van der Waals surface area contributed by atoms with Gasteiger partial charge in [-0.2, -0.15) is 0 Å². The van der Waals surface area contributed by atoms with E-state index >= 15 is 0 Å². The van der Waals surface area contributed by atoms with Gasteiger partial charge in [-0.05, 0) is 29.3 Å². The summed E-state index contributed by atoms with van der Waals surface area (Å²) in [6.45, 7) is -2.37. The molecule has 0 atom stereocenters. The van der Waals surface area contributed by atoms with Crippen molar-refractivity contribution in [2.24, 2.45) is 11.0 Å². The van der Waals surface area contributed by atoms with Crippen molar-refractivity contribution < 1.29 is 0 Å². The van der Waals surface area contributed by atoms with E-state index in [4.69, 9.17) is 22.8 Å². The fraction of sp³-hybridized carbons (Fsp3) is 0. The van der Waals surface area contributed by atoms with Crippen molar-refractivity contribution in [3.8, 4) is 0 Å². The van der Waals surface area contributed by atoms with Crippen LogP contribution in [0.4, 0.5) is 0 Å². The maximum atomic E-state index is 5.73. The van der Waals surface area contributed by atoms with Gasteiger partial charge in [-0.1, -0.05) is 18.2 Å². The van der Waals surface area contributed by atoms with Crippen LogP contribution in [0, 0.1) is 0 Å². The summed E-state index contributed by atoms with van der Waals surface area (Å²) < 4.78 is 1.79. The zero-order valence-electron chi connectivity index (χ0n) is 6.92. The summed E-state index contributed by atoms with van der Waals surface area (Å²) in [5, 5.41) is 1.12. The van der Waals surface area contributed by atoms with Crippen molar-refractivity contribution in [1.29, 1.82) is 0 Å². The number of para-hydroxylation sites is 1. The predicted octanol–water partition coefficient (Wildman–Crippen LogP) is 1.63. The van der Waals surface area contributed by atoms with Crippen LogP contribution in [-0.4, -0.2) is 4.34 Å². The largest absolute Gasteiger partial charge is 0.296 e. The molecule has 0 fully saturated rings. The lowest BCUT2D eigenvalue weighted by atomic mass is 10.3. The number of hydrogen-bond acceptors (Lipinski definition) is 1. The quantitative estimate of drug-likeness (QED) is 0.705. The average Bonchev–Trinajstić information content (AvgIpc) is 2.45. The Balaban J connectivity index is 2.79. The van der Waals surface area contributed by atoms with Gasteiger partial charge in [0.1, 0.15) is 0 Å². The van der Waals surface area contributed by atoms with E-state index in [2.05, 4.69) is 0 Å². The van der Waals surface area contributed by atoms with Gasteiger partial charge in [-0.15, -0.1) is 0 Å². The van der Waals surface area contributed by atoms with Gasteiger partial charge < -0.3 is 0 Å². The zero-order valence-corrected chi connectivity index (χ0v) is 8.63. The molecular formula is C8H10N3PS. The maximum Gasteiger partial charge on any atom is 0.163 e. The first kappa shape index (κ1) is 8.91. The molecule has 0 aliphatic carbocycles. The van der Waals surface area contributed by atoms with Gasteiger partial charge >= 0.3 is 0 Å². The van der Waals surface area contributed by atoms with Crippen LogP contribution in [0.25, 0.3) is 10.9 Å². The molecular weight excluding hydrogens is 201 g/mol. The van der Waals surface area contributed by atoms with E-state index in [1.807, 2.05) is 36.5 Å². The third-order valence-corrected chi connectivity index (χ3v) is 3.47. The van der Waals surface area contributed by atoms with Crippen LogP contribution in [0.15, 0.2) is 36.5 Å². The Kier molecular flexibility index (Phi) is 2.00. The molecule has 0 spiro atoms. The summed E-state index contributed by atoms with van der Waals surface area (Å²) in [7, 11) is 0. The Morgan fingerprint density at radius 3 is 2.54 bits per heavy atom. The zero-order chi connectivity index (χ0) is 9.47. The normalized spacial score (nSPS) is 12.2. The highest BCUT2D eigenvalue weighted by Gasteiger charge is 2.08. The second-order valence-corrected chi connectivity index (χ2v) is 6.42. The van der Waals surface area contributed by atoms with Crippen molar-refractivity contribution in [1.82, 2.24) is 4.34 Å². The molecule has 68 valence electrons. The van der Waals surface area contributed by atoms with Crippen LogP contribution in [-0.2, 0) is 11.8 Å². The second kappa shape index (κ2) is 2.93. The van der Waals surface area contributed by atoms with Crippen LogP contribution >= 0.6 is 6.49 Å². The van der Waals surface area contributed by atoms with E-state index in [0.29, 0.717) is 0 Å². The summed E-state index contributed by atoms with van der Waals surface area (Å²) in [6.07, 6.45) is 1.85. The summed E-state index contributed by atoms with van der Waals surface area (Å²) in [4.78, 5) is 0. The lowest BCUT2D eigenvalue weighted by Gasteiger charge is -2.13. The van der Waals surface area contributed by atoms with Crippen LogP contribution in [0.1, 0.15) is 0 Å². The molecule has 0 radical (unpaired) electrons. The number of rotatable bonds is 1. The highest BCUT2D eigenvalue weighted by Crippen LogP contribution is 2.33. The number of nitrogens with two attached hydrogens (primary N) is 2. The molecule has 0 aliphatic heterocycles. The van der Waals surface area contributed by atoms with E-state index in [1.165, 1.54) is 0 Å². The van der Waals surface area contributed by atoms with Gasteiger partial charge in [-0.3, -0.25) is 15.3 Å². The van der Waals surface area contributed by atoms with E-state index in [1.54, 1.807) is 4.34 Å². The average molecular weight is 211 g/mol. The van der Waals surface area contributed by atoms with E-state index in [9.17, 15) is 0 Å². The summed E-state index contributed by atoms with van der Waals surface area (Å²) in [5.41, 5.74) is 12.5. The highest BCUT2D eigenvalue weighted by atomic mass is 32.4. The van der Waals surface area contributed by atoms with Gasteiger partial charge in [0.25, 0.3) is 0 Å². The Labute approximate surface area is 81.5 Å². The number of benzene rings is 1. The lowest BCUT2D eigenvalue weighted by Crippen LogP contribution is -2.11. The molecule has 1 aromatic carbocycles. The molecule has 2 aromatic rings. The first-order chi connectivity index (χ1) is 6.09. The van der Waals surface area contributed by atoms with Crippen molar-refractivity contribution in [2.45, 2.75) is 0 Å². The molecule has 1 aromatic heterocycles. The SMILES string of the molecule is NP(N)(=S)n1ccc2ccccc21. The predicted molar refractivity (Wildman–Crippen MR) is 60.0 cm³/mol. The van der Waals surface area contributed by atoms with E-state index < -0.39 is 6.49 Å². The van der Waals surface area contributed by atoms with Crippen molar-refractivity contribution in [3.63, 3.8) is 0 Å². The van der Waals surface area contributed by atoms with Crippen LogP contribution < -0.4 is 11.0 Å². The van der Waals surface area contributed by atoms with Crippen LogP contribution in [0.5, 0.6) is 0 Å². The number of nitrogens with zero attached hydrogens (tertiary/aromatic N) is 1. The number of hydrogen-bond donors (Lipinski definition) is 2. The lowest BCUT2D eigenvalue weighted by molar-refractivity contribution is 1.28. The van der Waals surface area contributed by atoms with Crippen molar-refractivity contribution in [3.05, 3.63) is 36.5 Å². The maximum absolute atomic E-state index is 5.73. The molecule has 0 saturated heterocycles. The fourth-order valence-electron chi connectivity index (χ4n) is 1.34. The summed E-state index contributed by atoms with van der Waals surface area (Å²) in [6, 6.07) is 9.87. The fourth-order valence-corrected chi connectivity index (χ4v) is 2.56. The van der Waals surface area contributed by atoms with Crippen molar-refractivity contribution in [2.75, 3.05) is 0 Å². The van der Waals surface area contributed by atoms with Gasteiger partial charge in [0.05, 0.1) is 5.52 Å². The Morgan fingerprint density at radius 2 is 1.85 bits per heavy atom. The first-order valence-corrected chi connectivity index (χ1v) is 6.72. The van der Waals surface area contributed by atoms with Gasteiger partial charge in [0, 0.05) is 6.20 Å². The molecule has 13 heavy (non-hydrogen) atoms. The smallest absolute Gasteiger partial charge is 0.163 e. The molecule has 0 saturated carbocycles. The van der Waals surface area contributed by atoms with E-state index in [-0.39, 0.29) is 0 Å². The third-order valence-electron chi connectivity index (χ3n) is 1.92. The summed E-state index contributed by atoms with van der Waals surface area (Å²) >= 11 is 5.06. The molecule has 5 heteroatoms. The van der Waals surface area contributed by atoms with Crippen LogP contribution in [0.3, 0.4) is 0 Å². The molecule has 4 N–H and O–H groups in total. The topological polar surface area (TPSA) is 57.0 Å². The molecule has 0 bridgehead atoms. The van der Waals surface area contributed by atoms with Crippen LogP contribution in [0.2, 0.25) is 0 Å².